The maximum Gasteiger partial charge on any atom is 0.145 e. The molecule has 0 aliphatic carbocycles. The van der Waals surface area contributed by atoms with Gasteiger partial charge in [-0.15, -0.1) is 0 Å². The first-order valence-corrected chi connectivity index (χ1v) is 5.30. The van der Waals surface area contributed by atoms with Crippen LogP contribution < -0.4 is 0 Å². The van der Waals surface area contributed by atoms with Crippen molar-refractivity contribution >= 4 is 9.63 Å². The van der Waals surface area contributed by atoms with Crippen LogP contribution in [0.3, 0.4) is 0 Å². The van der Waals surface area contributed by atoms with Gasteiger partial charge in [0, 0.05) is 0 Å². The molecule has 1 aromatic carbocycles. The Morgan fingerprint density at radius 2 is 1.67 bits per heavy atom. The summed E-state index contributed by atoms with van der Waals surface area (Å²) in [6, 6.07) is 7.22. The molecule has 0 saturated heterocycles. The summed E-state index contributed by atoms with van der Waals surface area (Å²) in [4.78, 5) is -0.169. The zero-order valence-electron chi connectivity index (χ0n) is 6.25. The maximum absolute atomic E-state index is 11.2. The van der Waals surface area contributed by atoms with Crippen molar-refractivity contribution in [1.29, 1.82) is 0 Å². The molecule has 0 amide bonds. The van der Waals surface area contributed by atoms with Crippen LogP contribution in [-0.2, 0) is 9.63 Å². The molecule has 3 N–H and O–H groups in total. The van der Waals surface area contributed by atoms with Crippen LogP contribution in [0.5, 0.6) is 0 Å². The molecule has 0 spiro atoms. The van der Waals surface area contributed by atoms with Gasteiger partial charge < -0.3 is 14.2 Å². The first-order valence-electron chi connectivity index (χ1n) is 3.25. The van der Waals surface area contributed by atoms with Crippen LogP contribution in [0.25, 0.3) is 0 Å². The van der Waals surface area contributed by atoms with E-state index in [0.717, 1.165) is 0 Å². The van der Waals surface area contributed by atoms with Gasteiger partial charge in [0.05, 0.1) is 4.90 Å². The number of aliphatic hydroxyl groups excluding tert-OH is 1. The lowest BCUT2D eigenvalue weighted by Crippen LogP contribution is -2.35. The molecule has 0 radical (unpaired) electrons. The van der Waals surface area contributed by atoms with E-state index in [0.29, 0.717) is 0 Å². The molecule has 68 valence electrons. The van der Waals surface area contributed by atoms with Gasteiger partial charge in [0.25, 0.3) is 0 Å². The van der Waals surface area contributed by atoms with E-state index in [1.165, 1.54) is 24.3 Å². The Kier molecular flexibility index (Phi) is 2.05. The third-order valence-corrected chi connectivity index (χ3v) is 3.13. The molecule has 0 aliphatic rings. The Balaban J connectivity index is 3.24. The van der Waals surface area contributed by atoms with Gasteiger partial charge in [0.2, 0.25) is 0 Å². The number of hydrogen-bond donors (Lipinski definition) is 3. The number of benzene rings is 1. The summed E-state index contributed by atoms with van der Waals surface area (Å²) in [5.74, 6) is -1.18. The minimum absolute atomic E-state index is 0.169. The van der Waals surface area contributed by atoms with Crippen molar-refractivity contribution in [2.45, 2.75) is 4.90 Å². The van der Waals surface area contributed by atoms with Crippen LogP contribution >= 0.6 is 0 Å². The van der Waals surface area contributed by atoms with E-state index in [1.807, 2.05) is 0 Å². The highest BCUT2D eigenvalue weighted by Gasteiger charge is 2.31. The van der Waals surface area contributed by atoms with E-state index < -0.39 is 15.6 Å². The summed E-state index contributed by atoms with van der Waals surface area (Å²) in [5.41, 5.74) is 0. The molecule has 0 aliphatic heterocycles. The molecule has 1 rings (SSSR count). The minimum Gasteiger partial charge on any atom is -0.380 e. The third-order valence-electron chi connectivity index (χ3n) is 1.45. The van der Waals surface area contributed by atoms with Gasteiger partial charge in [-0.1, -0.05) is 18.2 Å². The van der Waals surface area contributed by atoms with Gasteiger partial charge in [0.15, 0.2) is 0 Å². The average molecular weight is 190 g/mol. The summed E-state index contributed by atoms with van der Waals surface area (Å²) >= 11 is 0. The van der Waals surface area contributed by atoms with Crippen molar-refractivity contribution in [1.82, 2.24) is 0 Å². The Morgan fingerprint density at radius 1 is 1.17 bits per heavy atom. The van der Waals surface area contributed by atoms with Crippen LogP contribution in [0.15, 0.2) is 35.2 Å². The Hall–Kier alpha value is -0.750. The number of rotatable bonds is 2. The number of hydrogen-bond acceptors (Lipinski definition) is 2. The molecule has 5 heteroatoms. The summed E-state index contributed by atoms with van der Waals surface area (Å²) in [6.45, 7) is 0. The quantitative estimate of drug-likeness (QED) is 0.643. The van der Waals surface area contributed by atoms with Crippen LogP contribution in [0.4, 0.5) is 0 Å². The fourth-order valence-electron chi connectivity index (χ4n) is 0.769. The SMILES string of the molecule is O=S(O)(O)(CO)c1ccccc1. The third kappa shape index (κ3) is 1.70. The molecular weight excluding hydrogens is 180 g/mol. The molecule has 12 heavy (non-hydrogen) atoms. The fourth-order valence-corrected chi connectivity index (χ4v) is 1.62. The Bertz CT molecular complexity index is 327. The summed E-state index contributed by atoms with van der Waals surface area (Å²) in [6.07, 6.45) is 0. The molecule has 0 bridgehead atoms. The predicted molar refractivity (Wildman–Crippen MR) is 45.2 cm³/mol. The molecule has 1 aromatic rings. The summed E-state index contributed by atoms with van der Waals surface area (Å²) in [5, 5.41) is 8.54. The van der Waals surface area contributed by atoms with Crippen LogP contribution in [-0.4, -0.2) is 24.4 Å². The van der Waals surface area contributed by atoms with Crippen molar-refractivity contribution in [2.75, 3.05) is 5.94 Å². The van der Waals surface area contributed by atoms with E-state index in [4.69, 9.17) is 14.2 Å². The summed E-state index contributed by atoms with van der Waals surface area (Å²) in [7, 11) is -4.97. The lowest BCUT2D eigenvalue weighted by molar-refractivity contribution is 0.294. The minimum atomic E-state index is -4.97. The van der Waals surface area contributed by atoms with E-state index in [2.05, 4.69) is 0 Å². The standard InChI is InChI=1S/C7H10O4S/c8-6-12(9,10,11)7-4-2-1-3-5-7/h1-5,8H,6H2,(H2,9,10,11). The van der Waals surface area contributed by atoms with Gasteiger partial charge >= 0.3 is 0 Å². The van der Waals surface area contributed by atoms with Crippen LogP contribution in [0, 0.1) is 0 Å². The Labute approximate surface area is 69.9 Å². The average Bonchev–Trinajstić information content (AvgIpc) is 2.06. The first kappa shape index (κ1) is 9.34. The van der Waals surface area contributed by atoms with Crippen molar-refractivity contribution in [3.63, 3.8) is 0 Å². The van der Waals surface area contributed by atoms with Gasteiger partial charge in [-0.3, -0.25) is 0 Å². The van der Waals surface area contributed by atoms with Gasteiger partial charge in [-0.05, 0) is 12.1 Å². The van der Waals surface area contributed by atoms with Crippen molar-refractivity contribution in [2.24, 2.45) is 0 Å². The molecule has 0 aromatic heterocycles. The zero-order valence-corrected chi connectivity index (χ0v) is 7.07. The lowest BCUT2D eigenvalue weighted by Gasteiger charge is -2.27. The molecule has 0 heterocycles. The summed E-state index contributed by atoms with van der Waals surface area (Å²) < 4.78 is 29.5. The van der Waals surface area contributed by atoms with E-state index in [-0.39, 0.29) is 4.90 Å². The van der Waals surface area contributed by atoms with Gasteiger partial charge in [-0.25, -0.2) is 4.21 Å². The van der Waals surface area contributed by atoms with E-state index in [9.17, 15) is 4.21 Å². The molecule has 0 saturated carbocycles. The maximum atomic E-state index is 11.2. The fraction of sp³-hybridized carbons (Fsp3) is 0.143. The topological polar surface area (TPSA) is 77.8 Å². The van der Waals surface area contributed by atoms with Gasteiger partial charge in [0.1, 0.15) is 15.6 Å². The molecule has 0 unspecified atom stereocenters. The van der Waals surface area contributed by atoms with Crippen molar-refractivity contribution in [3.8, 4) is 0 Å². The highest BCUT2D eigenvalue weighted by Crippen LogP contribution is 2.26. The van der Waals surface area contributed by atoms with Gasteiger partial charge in [-0.2, -0.15) is 0 Å². The zero-order chi connectivity index (χ0) is 9.27. The highest BCUT2D eigenvalue weighted by molar-refractivity contribution is 8.10. The van der Waals surface area contributed by atoms with Crippen molar-refractivity contribution < 1.29 is 18.4 Å². The monoisotopic (exact) mass is 190 g/mol. The second-order valence-corrected chi connectivity index (χ2v) is 5.22. The predicted octanol–water partition coefficient (Wildman–Crippen LogP) is 0.761. The van der Waals surface area contributed by atoms with Crippen LogP contribution in [0.1, 0.15) is 0 Å². The molecule has 0 atom stereocenters. The van der Waals surface area contributed by atoms with Crippen molar-refractivity contribution in [3.05, 3.63) is 30.3 Å². The molecular formula is C7H10O4S. The van der Waals surface area contributed by atoms with Crippen LogP contribution in [0.2, 0.25) is 0 Å². The highest BCUT2D eigenvalue weighted by atomic mass is 32.3. The number of aliphatic hydroxyl groups is 1. The van der Waals surface area contributed by atoms with E-state index in [1.54, 1.807) is 6.07 Å². The first-order chi connectivity index (χ1) is 5.44. The normalized spacial score (nSPS) is 15.1. The smallest absolute Gasteiger partial charge is 0.145 e. The Morgan fingerprint density at radius 3 is 2.08 bits per heavy atom. The molecule has 4 nitrogen and oxygen atoms in total. The largest absolute Gasteiger partial charge is 0.380 e. The van der Waals surface area contributed by atoms with E-state index >= 15 is 0 Å². The second-order valence-electron chi connectivity index (χ2n) is 2.46. The second kappa shape index (κ2) is 2.63. The molecule has 0 fully saturated rings. The lowest BCUT2D eigenvalue weighted by atomic mass is 10.4.